The van der Waals surface area contributed by atoms with Gasteiger partial charge in [0.25, 0.3) is 0 Å². The summed E-state index contributed by atoms with van der Waals surface area (Å²) in [5, 5.41) is 3.96. The maximum absolute atomic E-state index is 12.9. The molecule has 1 aliphatic heterocycles. The van der Waals surface area contributed by atoms with Crippen LogP contribution in [0.4, 0.5) is 0 Å². The molecule has 1 unspecified atom stereocenters. The number of carbonyl (C=O) groups is 2. The molecule has 0 bridgehead atoms. The third kappa shape index (κ3) is 4.63. The van der Waals surface area contributed by atoms with Crippen molar-refractivity contribution in [3.05, 3.63) is 17.0 Å². The first-order chi connectivity index (χ1) is 12.4. The number of likely N-dealkylation sites (N-methyl/N-ethyl adjacent to an activating group) is 1. The predicted octanol–water partition coefficient (Wildman–Crippen LogP) is 1.80. The summed E-state index contributed by atoms with van der Waals surface area (Å²) >= 11 is 0. The summed E-state index contributed by atoms with van der Waals surface area (Å²) in [6, 6.07) is 0. The highest BCUT2D eigenvalue weighted by Crippen LogP contribution is 2.25. The Morgan fingerprint density at radius 2 is 1.85 bits per heavy atom. The van der Waals surface area contributed by atoms with Gasteiger partial charge in [0, 0.05) is 44.8 Å². The van der Waals surface area contributed by atoms with Crippen LogP contribution < -0.4 is 0 Å². The number of aromatic nitrogens is 1. The maximum atomic E-state index is 12.9. The van der Waals surface area contributed by atoms with Crippen LogP contribution in [0.3, 0.4) is 0 Å². The van der Waals surface area contributed by atoms with Crippen LogP contribution in [-0.2, 0) is 9.59 Å². The second kappa shape index (κ2) is 9.16. The summed E-state index contributed by atoms with van der Waals surface area (Å²) < 4.78 is 5.21. The topological polar surface area (TPSA) is 69.9 Å². The molecule has 1 aliphatic rings. The van der Waals surface area contributed by atoms with Crippen LogP contribution in [0.25, 0.3) is 0 Å². The summed E-state index contributed by atoms with van der Waals surface area (Å²) in [5.74, 6) is 0.727. The molecule has 0 aliphatic carbocycles. The highest BCUT2D eigenvalue weighted by molar-refractivity contribution is 5.84. The minimum absolute atomic E-state index is 0.108. The second-order valence-electron chi connectivity index (χ2n) is 6.98. The van der Waals surface area contributed by atoms with Gasteiger partial charge in [-0.25, -0.2) is 0 Å². The first-order valence-electron chi connectivity index (χ1n) is 9.60. The quantitative estimate of drug-likeness (QED) is 0.770. The standard InChI is InChI=1S/C19H32N4O3/c1-6-22(7-2)17(24)13-21-9-8-10-23(12-11-21)19(25)14(3)18-15(4)20-26-16(18)5/h14H,6-13H2,1-5H3. The molecule has 1 saturated heterocycles. The van der Waals surface area contributed by atoms with Crippen LogP contribution in [0, 0.1) is 13.8 Å². The van der Waals surface area contributed by atoms with Gasteiger partial charge in [-0.1, -0.05) is 5.16 Å². The van der Waals surface area contributed by atoms with Gasteiger partial charge in [-0.2, -0.15) is 0 Å². The highest BCUT2D eigenvalue weighted by Gasteiger charge is 2.28. The summed E-state index contributed by atoms with van der Waals surface area (Å²) in [5.41, 5.74) is 1.68. The van der Waals surface area contributed by atoms with E-state index in [9.17, 15) is 9.59 Å². The normalized spacial score (nSPS) is 17.0. The fourth-order valence-corrected chi connectivity index (χ4v) is 3.72. The zero-order valence-corrected chi connectivity index (χ0v) is 16.7. The molecule has 1 aromatic rings. The molecule has 0 N–H and O–H groups in total. The van der Waals surface area contributed by atoms with Crippen molar-refractivity contribution in [2.45, 2.75) is 47.0 Å². The smallest absolute Gasteiger partial charge is 0.236 e. The number of nitrogens with zero attached hydrogens (tertiary/aromatic N) is 4. The number of rotatable bonds is 6. The Kier molecular flexibility index (Phi) is 7.20. The van der Waals surface area contributed by atoms with Crippen LogP contribution in [-0.4, -0.2) is 77.5 Å². The summed E-state index contributed by atoms with van der Waals surface area (Å²) in [4.78, 5) is 31.2. The molecule has 0 spiro atoms. The zero-order valence-electron chi connectivity index (χ0n) is 16.7. The molecule has 7 nitrogen and oxygen atoms in total. The molecule has 2 amide bonds. The van der Waals surface area contributed by atoms with Gasteiger partial charge in [-0.15, -0.1) is 0 Å². The van der Waals surface area contributed by atoms with Gasteiger partial charge < -0.3 is 14.3 Å². The van der Waals surface area contributed by atoms with E-state index in [-0.39, 0.29) is 17.7 Å². The highest BCUT2D eigenvalue weighted by atomic mass is 16.5. The van der Waals surface area contributed by atoms with E-state index in [1.54, 1.807) is 0 Å². The van der Waals surface area contributed by atoms with Crippen molar-refractivity contribution >= 4 is 11.8 Å². The molecule has 1 aromatic heterocycles. The Morgan fingerprint density at radius 3 is 2.42 bits per heavy atom. The Hall–Kier alpha value is -1.89. The van der Waals surface area contributed by atoms with E-state index in [1.807, 2.05) is 44.4 Å². The molecular weight excluding hydrogens is 332 g/mol. The molecule has 2 rings (SSSR count). The molecule has 0 aromatic carbocycles. The minimum Gasteiger partial charge on any atom is -0.361 e. The average Bonchev–Trinajstić information content (AvgIpc) is 2.82. The van der Waals surface area contributed by atoms with Gasteiger partial charge in [-0.3, -0.25) is 14.5 Å². The maximum Gasteiger partial charge on any atom is 0.236 e. The largest absolute Gasteiger partial charge is 0.361 e. The van der Waals surface area contributed by atoms with Crippen molar-refractivity contribution in [3.8, 4) is 0 Å². The van der Waals surface area contributed by atoms with Gasteiger partial charge >= 0.3 is 0 Å². The minimum atomic E-state index is -0.259. The lowest BCUT2D eigenvalue weighted by Gasteiger charge is -2.26. The van der Waals surface area contributed by atoms with Gasteiger partial charge in [0.1, 0.15) is 5.76 Å². The van der Waals surface area contributed by atoms with Crippen LogP contribution in [0.2, 0.25) is 0 Å². The van der Waals surface area contributed by atoms with Gasteiger partial charge in [0.2, 0.25) is 11.8 Å². The zero-order chi connectivity index (χ0) is 19.3. The molecule has 0 saturated carbocycles. The van der Waals surface area contributed by atoms with E-state index in [4.69, 9.17) is 4.52 Å². The first-order valence-corrected chi connectivity index (χ1v) is 9.60. The molecule has 0 radical (unpaired) electrons. The predicted molar refractivity (Wildman–Crippen MR) is 100.0 cm³/mol. The number of aryl methyl sites for hydroxylation is 2. The fraction of sp³-hybridized carbons (Fsp3) is 0.737. The van der Waals surface area contributed by atoms with Crippen molar-refractivity contribution in [2.24, 2.45) is 0 Å². The Bertz CT molecular complexity index is 605. The Labute approximate surface area is 156 Å². The fourth-order valence-electron chi connectivity index (χ4n) is 3.72. The van der Waals surface area contributed by atoms with Crippen LogP contribution in [0.1, 0.15) is 50.1 Å². The molecule has 1 atom stereocenters. The van der Waals surface area contributed by atoms with E-state index in [1.165, 1.54) is 0 Å². The van der Waals surface area contributed by atoms with E-state index < -0.39 is 0 Å². The van der Waals surface area contributed by atoms with E-state index in [0.717, 1.165) is 50.4 Å². The Balaban J connectivity index is 1.95. The lowest BCUT2D eigenvalue weighted by atomic mass is 9.98. The molecule has 1 fully saturated rings. The van der Waals surface area contributed by atoms with Crippen molar-refractivity contribution < 1.29 is 14.1 Å². The lowest BCUT2D eigenvalue weighted by molar-refractivity contribution is -0.132. The van der Waals surface area contributed by atoms with Gasteiger partial charge in [0.05, 0.1) is 18.2 Å². The van der Waals surface area contributed by atoms with Crippen molar-refractivity contribution in [1.29, 1.82) is 0 Å². The molecule has 7 heteroatoms. The molecular formula is C19H32N4O3. The summed E-state index contributed by atoms with van der Waals surface area (Å²) in [6.45, 7) is 14.5. The number of hydrogen-bond donors (Lipinski definition) is 0. The monoisotopic (exact) mass is 364 g/mol. The summed E-state index contributed by atoms with van der Waals surface area (Å²) in [6.07, 6.45) is 0.881. The molecule has 2 heterocycles. The number of hydrogen-bond acceptors (Lipinski definition) is 5. The average molecular weight is 364 g/mol. The number of amides is 2. The molecule has 26 heavy (non-hydrogen) atoms. The van der Waals surface area contributed by atoms with Crippen molar-refractivity contribution in [1.82, 2.24) is 19.9 Å². The Morgan fingerprint density at radius 1 is 1.15 bits per heavy atom. The third-order valence-electron chi connectivity index (χ3n) is 5.27. The van der Waals surface area contributed by atoms with Crippen LogP contribution >= 0.6 is 0 Å². The van der Waals surface area contributed by atoms with Crippen LogP contribution in [0.5, 0.6) is 0 Å². The number of carbonyl (C=O) groups excluding carboxylic acids is 2. The van der Waals surface area contributed by atoms with E-state index >= 15 is 0 Å². The summed E-state index contributed by atoms with van der Waals surface area (Å²) in [7, 11) is 0. The van der Waals surface area contributed by atoms with Gasteiger partial charge in [0.15, 0.2) is 0 Å². The second-order valence-corrected chi connectivity index (χ2v) is 6.98. The van der Waals surface area contributed by atoms with Crippen molar-refractivity contribution in [3.63, 3.8) is 0 Å². The van der Waals surface area contributed by atoms with Gasteiger partial charge in [-0.05, 0) is 41.0 Å². The van der Waals surface area contributed by atoms with Crippen molar-refractivity contribution in [2.75, 3.05) is 45.8 Å². The van der Waals surface area contributed by atoms with E-state index in [2.05, 4.69) is 10.1 Å². The third-order valence-corrected chi connectivity index (χ3v) is 5.27. The SMILES string of the molecule is CCN(CC)C(=O)CN1CCCN(C(=O)C(C)c2c(C)noc2C)CC1. The first kappa shape index (κ1) is 20.4. The molecule has 146 valence electrons. The van der Waals surface area contributed by atoms with E-state index in [0.29, 0.717) is 18.8 Å². The van der Waals surface area contributed by atoms with Crippen LogP contribution in [0.15, 0.2) is 4.52 Å². The lowest BCUT2D eigenvalue weighted by Crippen LogP contribution is -2.42.